The number of hydrogen-bond acceptors (Lipinski definition) is 3. The number of fused-ring (bicyclic) bond motifs is 7. The van der Waals surface area contributed by atoms with Gasteiger partial charge in [0.2, 0.25) is 0 Å². The van der Waals surface area contributed by atoms with Gasteiger partial charge >= 0.3 is 5.97 Å². The standard InChI is InChI=1S/C30H48O4/c1-25(2)12-14-30(24(33)34)15-13-28(6)18(19(30)16-25)8-9-22-27(5)17-20(31)23(32)26(3,4)21(27)10-11-29(22,28)7/h8,19-23,31-32H,9-17H2,1-7H3,(H,33,34)/t19-,20?,21?,22?,23+,27-,28+,29+,30-/m0/s1. The second-order valence-corrected chi connectivity index (χ2v) is 15.2. The molecule has 0 radical (unpaired) electrons. The van der Waals surface area contributed by atoms with Crippen LogP contribution in [0.2, 0.25) is 0 Å². The first-order valence-electron chi connectivity index (χ1n) is 13.9. The maximum atomic E-state index is 12.8. The number of allylic oxidation sites excluding steroid dienone is 2. The van der Waals surface area contributed by atoms with Gasteiger partial charge in [0.1, 0.15) is 0 Å². The molecule has 0 spiro atoms. The minimum absolute atomic E-state index is 0.00785. The molecule has 0 bridgehead atoms. The first-order chi connectivity index (χ1) is 15.6. The largest absolute Gasteiger partial charge is 0.481 e. The second-order valence-electron chi connectivity index (χ2n) is 15.2. The van der Waals surface area contributed by atoms with Crippen molar-refractivity contribution in [1.29, 1.82) is 0 Å². The molecule has 4 nitrogen and oxygen atoms in total. The highest BCUT2D eigenvalue weighted by atomic mass is 16.4. The maximum Gasteiger partial charge on any atom is 0.310 e. The molecule has 4 saturated carbocycles. The van der Waals surface area contributed by atoms with Gasteiger partial charge in [-0.2, -0.15) is 0 Å². The Morgan fingerprint density at radius 2 is 1.53 bits per heavy atom. The van der Waals surface area contributed by atoms with E-state index in [1.54, 1.807) is 0 Å². The number of aliphatic hydroxyl groups is 2. The Morgan fingerprint density at radius 1 is 0.882 bits per heavy atom. The van der Waals surface area contributed by atoms with E-state index in [4.69, 9.17) is 0 Å². The van der Waals surface area contributed by atoms with Crippen LogP contribution in [-0.2, 0) is 4.79 Å². The normalized spacial score (nSPS) is 53.4. The van der Waals surface area contributed by atoms with Crippen LogP contribution >= 0.6 is 0 Å². The lowest BCUT2D eigenvalue weighted by Crippen LogP contribution is -2.67. The summed E-state index contributed by atoms with van der Waals surface area (Å²) in [6.45, 7) is 16.3. The highest BCUT2D eigenvalue weighted by Crippen LogP contribution is 2.75. The summed E-state index contributed by atoms with van der Waals surface area (Å²) in [5, 5.41) is 32.4. The van der Waals surface area contributed by atoms with Crippen LogP contribution in [0.3, 0.4) is 0 Å². The first kappa shape index (κ1) is 24.8. The van der Waals surface area contributed by atoms with Crippen LogP contribution < -0.4 is 0 Å². The molecule has 0 amide bonds. The lowest BCUT2D eigenvalue weighted by molar-refractivity contribution is -0.231. The van der Waals surface area contributed by atoms with Gasteiger partial charge < -0.3 is 15.3 Å². The van der Waals surface area contributed by atoms with Crippen molar-refractivity contribution in [1.82, 2.24) is 0 Å². The number of carboxylic acid groups (broad SMARTS) is 1. The molecule has 9 atom stereocenters. The number of aliphatic hydroxyl groups excluding tert-OH is 2. The molecule has 0 saturated heterocycles. The molecule has 34 heavy (non-hydrogen) atoms. The average molecular weight is 473 g/mol. The molecule has 0 aromatic carbocycles. The van der Waals surface area contributed by atoms with Crippen LogP contribution in [-0.4, -0.2) is 33.5 Å². The fraction of sp³-hybridized carbons (Fsp3) is 0.900. The zero-order chi connectivity index (χ0) is 25.1. The number of aliphatic carboxylic acids is 1. The molecule has 3 N–H and O–H groups in total. The summed E-state index contributed by atoms with van der Waals surface area (Å²) in [6, 6.07) is 0. The molecule has 0 heterocycles. The van der Waals surface area contributed by atoms with E-state index < -0.39 is 23.6 Å². The van der Waals surface area contributed by atoms with Crippen molar-refractivity contribution in [2.45, 2.75) is 118 Å². The Bertz CT molecular complexity index is 919. The lowest BCUT2D eigenvalue weighted by Gasteiger charge is -2.71. The van der Waals surface area contributed by atoms with Crippen molar-refractivity contribution >= 4 is 5.97 Å². The van der Waals surface area contributed by atoms with Crippen LogP contribution in [0.25, 0.3) is 0 Å². The Hall–Kier alpha value is -0.870. The first-order valence-corrected chi connectivity index (χ1v) is 13.9. The average Bonchev–Trinajstić information content (AvgIpc) is 2.72. The number of hydrogen-bond donors (Lipinski definition) is 3. The third-order valence-electron chi connectivity index (χ3n) is 13.0. The third kappa shape index (κ3) is 2.88. The summed E-state index contributed by atoms with van der Waals surface area (Å²) in [5.74, 6) is 0.365. The van der Waals surface area contributed by atoms with Gasteiger partial charge in [0, 0.05) is 0 Å². The molecule has 4 heteroatoms. The monoisotopic (exact) mass is 472 g/mol. The molecule has 5 rings (SSSR count). The van der Waals surface area contributed by atoms with Gasteiger partial charge in [-0.15, -0.1) is 0 Å². The van der Waals surface area contributed by atoms with Crippen LogP contribution in [0.1, 0.15) is 106 Å². The fourth-order valence-corrected chi connectivity index (χ4v) is 10.8. The van der Waals surface area contributed by atoms with Crippen molar-refractivity contribution in [2.75, 3.05) is 0 Å². The van der Waals surface area contributed by atoms with Gasteiger partial charge in [0.15, 0.2) is 0 Å². The van der Waals surface area contributed by atoms with Crippen LogP contribution in [0.15, 0.2) is 11.6 Å². The zero-order valence-electron chi connectivity index (χ0n) is 22.6. The summed E-state index contributed by atoms with van der Waals surface area (Å²) < 4.78 is 0. The van der Waals surface area contributed by atoms with E-state index in [9.17, 15) is 20.1 Å². The summed E-state index contributed by atoms with van der Waals surface area (Å²) >= 11 is 0. The lowest BCUT2D eigenvalue weighted by atomic mass is 9.33. The topological polar surface area (TPSA) is 77.8 Å². The van der Waals surface area contributed by atoms with Gasteiger partial charge in [-0.05, 0) is 103 Å². The number of carbonyl (C=O) groups is 1. The Labute approximate surface area is 206 Å². The molecule has 192 valence electrons. The number of rotatable bonds is 1. The van der Waals surface area contributed by atoms with Crippen LogP contribution in [0.4, 0.5) is 0 Å². The molecule has 3 unspecified atom stereocenters. The third-order valence-corrected chi connectivity index (χ3v) is 13.0. The zero-order valence-corrected chi connectivity index (χ0v) is 22.6. The predicted octanol–water partition coefficient (Wildman–Crippen LogP) is 6.20. The van der Waals surface area contributed by atoms with Crippen molar-refractivity contribution in [2.24, 2.45) is 50.2 Å². The van der Waals surface area contributed by atoms with Gasteiger partial charge in [-0.1, -0.05) is 60.1 Å². The van der Waals surface area contributed by atoms with Crippen molar-refractivity contribution in [3.8, 4) is 0 Å². The van der Waals surface area contributed by atoms with Gasteiger partial charge in [0.25, 0.3) is 0 Å². The maximum absolute atomic E-state index is 12.8. The van der Waals surface area contributed by atoms with Crippen LogP contribution in [0.5, 0.6) is 0 Å². The molecule has 5 aliphatic rings. The van der Waals surface area contributed by atoms with E-state index in [2.05, 4.69) is 54.5 Å². The van der Waals surface area contributed by atoms with E-state index >= 15 is 0 Å². The highest BCUT2D eigenvalue weighted by molar-refractivity contribution is 5.76. The van der Waals surface area contributed by atoms with E-state index in [1.807, 2.05) is 0 Å². The summed E-state index contributed by atoms with van der Waals surface area (Å²) in [5.41, 5.74) is 0.754. The van der Waals surface area contributed by atoms with Crippen molar-refractivity contribution in [3.05, 3.63) is 11.6 Å². The van der Waals surface area contributed by atoms with E-state index in [0.717, 1.165) is 51.4 Å². The van der Waals surface area contributed by atoms with E-state index in [1.165, 1.54) is 5.57 Å². The molecular formula is C30H48O4. The molecule has 5 aliphatic carbocycles. The minimum atomic E-state index is -0.679. The van der Waals surface area contributed by atoms with Crippen LogP contribution in [0, 0.1) is 50.2 Å². The quantitative estimate of drug-likeness (QED) is 0.397. The van der Waals surface area contributed by atoms with Gasteiger partial charge in [-0.25, -0.2) is 0 Å². The van der Waals surface area contributed by atoms with E-state index in [-0.39, 0.29) is 33.0 Å². The summed E-state index contributed by atoms with van der Waals surface area (Å²) in [4.78, 5) is 12.8. The van der Waals surface area contributed by atoms with Crippen molar-refractivity contribution in [3.63, 3.8) is 0 Å². The number of carboxylic acids is 1. The van der Waals surface area contributed by atoms with Gasteiger partial charge in [-0.3, -0.25) is 4.79 Å². The smallest absolute Gasteiger partial charge is 0.310 e. The second kappa shape index (κ2) is 7.12. The molecule has 0 aliphatic heterocycles. The predicted molar refractivity (Wildman–Crippen MR) is 134 cm³/mol. The molecule has 4 fully saturated rings. The Kier molecular flexibility index (Phi) is 5.20. The summed E-state index contributed by atoms with van der Waals surface area (Å²) in [6.07, 6.45) is 9.45. The Morgan fingerprint density at radius 3 is 2.18 bits per heavy atom. The molecular weight excluding hydrogens is 424 g/mol. The Balaban J connectivity index is 1.61. The SMILES string of the molecule is CC1(C)CC[C@]2(C(=O)O)CC[C@]3(C)C(=CCC4[C@@]5(C)CC(O)[C@@H](O)C(C)(C)C5CC[C@]43C)[C@@H]2C1. The van der Waals surface area contributed by atoms with Gasteiger partial charge in [0.05, 0.1) is 17.6 Å². The van der Waals surface area contributed by atoms with Crippen molar-refractivity contribution < 1.29 is 20.1 Å². The fourth-order valence-electron chi connectivity index (χ4n) is 10.8. The highest BCUT2D eigenvalue weighted by Gasteiger charge is 2.70. The minimum Gasteiger partial charge on any atom is -0.481 e. The molecule has 0 aromatic rings. The van der Waals surface area contributed by atoms with E-state index in [0.29, 0.717) is 18.3 Å². The molecule has 0 aromatic heterocycles. The summed E-state index contributed by atoms with van der Waals surface area (Å²) in [7, 11) is 0.